The van der Waals surface area contributed by atoms with Crippen molar-refractivity contribution in [1.29, 1.82) is 0 Å². The molecule has 30 heavy (non-hydrogen) atoms. The Labute approximate surface area is 173 Å². The fraction of sp³-hybridized carbons (Fsp3) is 0.364. The molecule has 8 nitrogen and oxygen atoms in total. The van der Waals surface area contributed by atoms with Gasteiger partial charge in [-0.25, -0.2) is 0 Å². The van der Waals surface area contributed by atoms with Gasteiger partial charge in [0.2, 0.25) is 0 Å². The van der Waals surface area contributed by atoms with Gasteiger partial charge in [-0.3, -0.25) is 29.5 Å². The van der Waals surface area contributed by atoms with Crippen LogP contribution >= 0.6 is 0 Å². The van der Waals surface area contributed by atoms with Gasteiger partial charge in [-0.2, -0.15) is 0 Å². The number of aliphatic hydroxyl groups is 1. The standard InChI is InChI=1S/C22H23N3O5/c26-20(16-7-6-8-17(13-16)25(29)30)14-22(28)18-9-2-3-10-19(18)24(21(22)27)15-23-11-4-1-5-12-23/h2-3,6-10,13,28H,1,4-5,11-12,14-15H2/t22-/m0/s1. The summed E-state index contributed by atoms with van der Waals surface area (Å²) in [6.07, 6.45) is 2.83. The normalized spacial score (nSPS) is 21.5. The average Bonchev–Trinajstić information content (AvgIpc) is 2.96. The number of fused-ring (bicyclic) bond motifs is 1. The maximum Gasteiger partial charge on any atom is 0.270 e. The van der Waals surface area contributed by atoms with Gasteiger partial charge in [0.25, 0.3) is 11.6 Å². The van der Waals surface area contributed by atoms with Gasteiger partial charge in [0.05, 0.1) is 23.7 Å². The van der Waals surface area contributed by atoms with E-state index in [4.69, 9.17) is 0 Å². The molecule has 2 aromatic rings. The first kappa shape index (κ1) is 20.2. The lowest BCUT2D eigenvalue weighted by atomic mass is 9.88. The number of non-ortho nitro benzene ring substituents is 1. The molecule has 8 heteroatoms. The molecule has 2 aliphatic rings. The number of benzene rings is 2. The van der Waals surface area contributed by atoms with Crippen LogP contribution in [0.15, 0.2) is 48.5 Å². The summed E-state index contributed by atoms with van der Waals surface area (Å²) in [4.78, 5) is 40.3. The predicted octanol–water partition coefficient (Wildman–Crippen LogP) is 2.85. The molecule has 0 spiro atoms. The van der Waals surface area contributed by atoms with Crippen molar-refractivity contribution in [1.82, 2.24) is 4.90 Å². The van der Waals surface area contributed by atoms with E-state index in [0.717, 1.165) is 25.9 Å². The number of amides is 1. The largest absolute Gasteiger partial charge is 0.375 e. The first-order valence-electron chi connectivity index (χ1n) is 10.0. The molecule has 0 saturated carbocycles. The highest BCUT2D eigenvalue weighted by atomic mass is 16.6. The Kier molecular flexibility index (Phi) is 5.36. The summed E-state index contributed by atoms with van der Waals surface area (Å²) in [5.41, 5.74) is -1.11. The smallest absolute Gasteiger partial charge is 0.270 e. The molecule has 0 radical (unpaired) electrons. The molecule has 0 bridgehead atoms. The summed E-state index contributed by atoms with van der Waals surface area (Å²) >= 11 is 0. The van der Waals surface area contributed by atoms with Crippen LogP contribution in [0, 0.1) is 10.1 Å². The fourth-order valence-corrected chi connectivity index (χ4v) is 4.25. The number of likely N-dealkylation sites (tertiary alicyclic amines) is 1. The van der Waals surface area contributed by atoms with E-state index in [1.54, 1.807) is 29.2 Å². The number of anilines is 1. The van der Waals surface area contributed by atoms with Crippen LogP contribution in [-0.2, 0) is 10.4 Å². The van der Waals surface area contributed by atoms with Crippen LogP contribution in [0.1, 0.15) is 41.6 Å². The van der Waals surface area contributed by atoms with Crippen molar-refractivity contribution in [3.05, 3.63) is 69.8 Å². The zero-order valence-corrected chi connectivity index (χ0v) is 16.5. The van der Waals surface area contributed by atoms with Crippen molar-refractivity contribution in [2.75, 3.05) is 24.7 Å². The number of hydrogen-bond acceptors (Lipinski definition) is 6. The second-order valence-electron chi connectivity index (χ2n) is 7.84. The fourth-order valence-electron chi connectivity index (χ4n) is 4.25. The van der Waals surface area contributed by atoms with Gasteiger partial charge in [0.1, 0.15) is 0 Å². The van der Waals surface area contributed by atoms with Crippen LogP contribution < -0.4 is 4.90 Å². The van der Waals surface area contributed by atoms with Crippen molar-refractivity contribution < 1.29 is 19.6 Å². The number of ketones is 1. The first-order valence-corrected chi connectivity index (χ1v) is 10.0. The van der Waals surface area contributed by atoms with Crippen LogP contribution in [0.25, 0.3) is 0 Å². The minimum absolute atomic E-state index is 0.0948. The number of Topliss-reactive ketones (excluding diaryl/α,β-unsaturated/α-hetero) is 1. The van der Waals surface area contributed by atoms with Gasteiger partial charge in [-0.15, -0.1) is 0 Å². The Morgan fingerprint density at radius 2 is 1.83 bits per heavy atom. The molecular formula is C22H23N3O5. The van der Waals surface area contributed by atoms with E-state index in [2.05, 4.69) is 4.90 Å². The Hall–Kier alpha value is -3.10. The van der Waals surface area contributed by atoms with E-state index in [1.807, 2.05) is 0 Å². The number of nitro benzene ring substituents is 1. The highest BCUT2D eigenvalue weighted by molar-refractivity contribution is 6.10. The number of carbonyl (C=O) groups is 2. The van der Waals surface area contributed by atoms with Crippen LogP contribution in [0.5, 0.6) is 0 Å². The summed E-state index contributed by atoms with van der Waals surface area (Å²) in [5.74, 6) is -1.06. The molecule has 1 atom stereocenters. The molecule has 1 amide bonds. The summed E-state index contributed by atoms with van der Waals surface area (Å²) < 4.78 is 0. The predicted molar refractivity (Wildman–Crippen MR) is 110 cm³/mol. The third kappa shape index (κ3) is 3.59. The molecule has 0 aromatic heterocycles. The molecular weight excluding hydrogens is 386 g/mol. The SMILES string of the molecule is O=C(C[C@@]1(O)C(=O)N(CN2CCCCC2)c2ccccc21)c1cccc([N+](=O)[O-])c1. The van der Waals surface area contributed by atoms with Gasteiger partial charge >= 0.3 is 0 Å². The molecule has 1 N–H and O–H groups in total. The van der Waals surface area contributed by atoms with Gasteiger partial charge in [-0.05, 0) is 32.0 Å². The lowest BCUT2D eigenvalue weighted by Gasteiger charge is -2.31. The Bertz CT molecular complexity index is 1000. The third-order valence-electron chi connectivity index (χ3n) is 5.82. The highest BCUT2D eigenvalue weighted by Crippen LogP contribution is 2.43. The van der Waals surface area contributed by atoms with Crippen LogP contribution in [0.4, 0.5) is 11.4 Å². The van der Waals surface area contributed by atoms with Crippen molar-refractivity contribution >= 4 is 23.1 Å². The second kappa shape index (κ2) is 7.97. The number of rotatable bonds is 6. The Morgan fingerprint density at radius 3 is 2.57 bits per heavy atom. The molecule has 156 valence electrons. The number of nitro groups is 1. The van der Waals surface area contributed by atoms with Crippen molar-refractivity contribution in [2.45, 2.75) is 31.3 Å². The molecule has 2 aromatic carbocycles. The topological polar surface area (TPSA) is 104 Å². The molecule has 2 aliphatic heterocycles. The van der Waals surface area contributed by atoms with Crippen LogP contribution in [0.3, 0.4) is 0 Å². The highest BCUT2D eigenvalue weighted by Gasteiger charge is 2.51. The molecule has 4 rings (SSSR count). The first-order chi connectivity index (χ1) is 14.4. The quantitative estimate of drug-likeness (QED) is 0.447. The summed E-state index contributed by atoms with van der Waals surface area (Å²) in [6.45, 7) is 2.14. The maximum absolute atomic E-state index is 13.3. The minimum Gasteiger partial charge on any atom is -0.375 e. The van der Waals surface area contributed by atoms with E-state index in [1.165, 1.54) is 30.7 Å². The molecule has 0 unspecified atom stereocenters. The number of para-hydroxylation sites is 1. The number of piperidine rings is 1. The van der Waals surface area contributed by atoms with Gasteiger partial charge in [0.15, 0.2) is 11.4 Å². The van der Waals surface area contributed by atoms with Gasteiger partial charge in [-0.1, -0.05) is 36.8 Å². The summed E-state index contributed by atoms with van der Waals surface area (Å²) in [7, 11) is 0. The van der Waals surface area contributed by atoms with E-state index in [0.29, 0.717) is 17.9 Å². The molecule has 2 heterocycles. The van der Waals surface area contributed by atoms with Gasteiger partial charge < -0.3 is 5.11 Å². The van der Waals surface area contributed by atoms with E-state index < -0.39 is 28.6 Å². The summed E-state index contributed by atoms with van der Waals surface area (Å²) in [6, 6.07) is 12.3. The zero-order chi connectivity index (χ0) is 21.3. The maximum atomic E-state index is 13.3. The van der Waals surface area contributed by atoms with Crippen LogP contribution in [-0.4, -0.2) is 46.4 Å². The minimum atomic E-state index is -1.99. The van der Waals surface area contributed by atoms with E-state index in [9.17, 15) is 24.8 Å². The Balaban J connectivity index is 1.62. The number of hydrogen-bond donors (Lipinski definition) is 1. The van der Waals surface area contributed by atoms with Gasteiger partial charge in [0, 0.05) is 23.3 Å². The third-order valence-corrected chi connectivity index (χ3v) is 5.82. The molecule has 0 aliphatic carbocycles. The monoisotopic (exact) mass is 409 g/mol. The van der Waals surface area contributed by atoms with Crippen molar-refractivity contribution in [2.24, 2.45) is 0 Å². The second-order valence-corrected chi connectivity index (χ2v) is 7.84. The summed E-state index contributed by atoms with van der Waals surface area (Å²) in [5, 5.41) is 22.4. The number of nitrogens with zero attached hydrogens (tertiary/aromatic N) is 3. The Morgan fingerprint density at radius 1 is 1.10 bits per heavy atom. The average molecular weight is 409 g/mol. The molecule has 1 saturated heterocycles. The van der Waals surface area contributed by atoms with Crippen LogP contribution in [0.2, 0.25) is 0 Å². The zero-order valence-electron chi connectivity index (χ0n) is 16.5. The van der Waals surface area contributed by atoms with E-state index >= 15 is 0 Å². The number of carbonyl (C=O) groups excluding carboxylic acids is 2. The lowest BCUT2D eigenvalue weighted by molar-refractivity contribution is -0.384. The molecule has 1 fully saturated rings. The van der Waals surface area contributed by atoms with E-state index in [-0.39, 0.29) is 11.3 Å². The van der Waals surface area contributed by atoms with Crippen molar-refractivity contribution in [3.63, 3.8) is 0 Å². The van der Waals surface area contributed by atoms with Crippen molar-refractivity contribution in [3.8, 4) is 0 Å². The lowest BCUT2D eigenvalue weighted by Crippen LogP contribution is -2.47.